The zero-order valence-electron chi connectivity index (χ0n) is 9.38. The Labute approximate surface area is 101 Å². The molecule has 1 aliphatic rings. The van der Waals surface area contributed by atoms with Gasteiger partial charge in [0.1, 0.15) is 18.7 Å². The highest BCUT2D eigenvalue weighted by atomic mass is 16.5. The van der Waals surface area contributed by atoms with Crippen molar-refractivity contribution in [2.24, 2.45) is 0 Å². The van der Waals surface area contributed by atoms with Crippen LogP contribution in [0.2, 0.25) is 0 Å². The maximum absolute atomic E-state index is 12.1. The van der Waals surface area contributed by atoms with Gasteiger partial charge >= 0.3 is 5.69 Å². The molecule has 1 saturated heterocycles. The molecule has 0 saturated carbocycles. The second-order valence-corrected chi connectivity index (χ2v) is 4.18. The van der Waals surface area contributed by atoms with Crippen molar-refractivity contribution in [3.8, 4) is 0 Å². The van der Waals surface area contributed by atoms with Crippen molar-refractivity contribution < 1.29 is 14.9 Å². The zero-order valence-corrected chi connectivity index (χ0v) is 9.38. The second kappa shape index (κ2) is 4.16. The van der Waals surface area contributed by atoms with Gasteiger partial charge in [-0.05, 0) is 6.07 Å². The zero-order chi connectivity index (χ0) is 12.7. The molecule has 0 aromatic carbocycles. The van der Waals surface area contributed by atoms with E-state index in [1.54, 1.807) is 12.3 Å². The molecule has 0 radical (unpaired) electrons. The number of aromatic nitrogens is 4. The fourth-order valence-corrected chi connectivity index (χ4v) is 2.11. The molecular formula is C10H12N4O4. The highest BCUT2D eigenvalue weighted by molar-refractivity contribution is 5.33. The summed E-state index contributed by atoms with van der Waals surface area (Å²) in [5.41, 5.74) is 0.113. The van der Waals surface area contributed by atoms with E-state index in [9.17, 15) is 9.90 Å². The van der Waals surface area contributed by atoms with E-state index in [1.807, 2.05) is 0 Å². The molecule has 3 heterocycles. The minimum Gasteiger partial charge on any atom is -0.394 e. The van der Waals surface area contributed by atoms with Gasteiger partial charge in [-0.15, -0.1) is 10.2 Å². The molecule has 0 aliphatic carbocycles. The van der Waals surface area contributed by atoms with Crippen molar-refractivity contribution in [2.75, 3.05) is 6.61 Å². The summed E-state index contributed by atoms with van der Waals surface area (Å²) in [6, 6.07) is 1.64. The van der Waals surface area contributed by atoms with Crippen molar-refractivity contribution in [2.45, 2.75) is 24.9 Å². The van der Waals surface area contributed by atoms with E-state index in [-0.39, 0.29) is 18.7 Å². The number of nitrogens with zero attached hydrogens (tertiary/aromatic N) is 4. The van der Waals surface area contributed by atoms with Gasteiger partial charge in [-0.1, -0.05) is 0 Å². The van der Waals surface area contributed by atoms with E-state index < -0.39 is 18.4 Å². The van der Waals surface area contributed by atoms with Crippen LogP contribution in [0.3, 0.4) is 0 Å². The standard InChI is InChI=1S/C10H12N4O4/c15-4-7-6(16)3-9(18-7)13-2-1-8-12-11-5-14(8)10(13)17/h1-2,5-7,9,15-16H,3-4H2/t6-,7+,9+/m0/s1. The summed E-state index contributed by atoms with van der Waals surface area (Å²) in [4.78, 5) is 12.1. The van der Waals surface area contributed by atoms with Crippen LogP contribution in [0.15, 0.2) is 23.4 Å². The van der Waals surface area contributed by atoms with E-state index in [1.165, 1.54) is 15.3 Å². The monoisotopic (exact) mass is 252 g/mol. The first kappa shape index (κ1) is 11.3. The van der Waals surface area contributed by atoms with Crippen LogP contribution in [0, 0.1) is 0 Å². The Hall–Kier alpha value is -1.77. The molecule has 3 rings (SSSR count). The van der Waals surface area contributed by atoms with Crippen LogP contribution in [0.5, 0.6) is 0 Å². The molecule has 0 unspecified atom stereocenters. The van der Waals surface area contributed by atoms with Crippen molar-refractivity contribution in [3.63, 3.8) is 0 Å². The summed E-state index contributed by atoms with van der Waals surface area (Å²) in [7, 11) is 0. The fraction of sp³-hybridized carbons (Fsp3) is 0.500. The van der Waals surface area contributed by atoms with Crippen molar-refractivity contribution >= 4 is 5.65 Å². The van der Waals surface area contributed by atoms with Gasteiger partial charge in [-0.25, -0.2) is 9.20 Å². The highest BCUT2D eigenvalue weighted by Crippen LogP contribution is 2.27. The van der Waals surface area contributed by atoms with Crippen molar-refractivity contribution in [1.29, 1.82) is 0 Å². The lowest BCUT2D eigenvalue weighted by molar-refractivity contribution is -0.0459. The van der Waals surface area contributed by atoms with Gasteiger partial charge in [0, 0.05) is 12.6 Å². The Morgan fingerprint density at radius 2 is 2.39 bits per heavy atom. The Bertz CT molecular complexity index is 622. The summed E-state index contributed by atoms with van der Waals surface area (Å²) in [6.45, 7) is -0.276. The minimum atomic E-state index is -0.775. The number of ether oxygens (including phenoxy) is 1. The van der Waals surface area contributed by atoms with Gasteiger partial charge < -0.3 is 14.9 Å². The van der Waals surface area contributed by atoms with Crippen molar-refractivity contribution in [3.05, 3.63) is 29.1 Å². The summed E-state index contributed by atoms with van der Waals surface area (Å²) in [6.07, 6.45) is 1.11. The number of aliphatic hydroxyl groups excluding tert-OH is 2. The summed E-state index contributed by atoms with van der Waals surface area (Å²) >= 11 is 0. The van der Waals surface area contributed by atoms with Crippen molar-refractivity contribution in [1.82, 2.24) is 19.2 Å². The molecule has 2 aromatic rings. The lowest BCUT2D eigenvalue weighted by atomic mass is 10.2. The number of aliphatic hydroxyl groups is 2. The van der Waals surface area contributed by atoms with Crippen LogP contribution in [-0.2, 0) is 4.74 Å². The third-order valence-electron chi connectivity index (χ3n) is 3.08. The van der Waals surface area contributed by atoms with Gasteiger partial charge in [0.05, 0.1) is 12.7 Å². The van der Waals surface area contributed by atoms with E-state index in [4.69, 9.17) is 9.84 Å². The smallest absolute Gasteiger partial charge is 0.337 e. The van der Waals surface area contributed by atoms with E-state index in [0.29, 0.717) is 5.65 Å². The SMILES string of the molecule is O=c1n([C@H]2C[C@H](O)[C@@H](CO)O2)ccc2nncn12. The molecule has 0 bridgehead atoms. The molecule has 0 amide bonds. The first-order valence-electron chi connectivity index (χ1n) is 5.56. The molecule has 3 atom stereocenters. The molecule has 8 nitrogen and oxygen atoms in total. The first-order chi connectivity index (χ1) is 8.70. The fourth-order valence-electron chi connectivity index (χ4n) is 2.11. The predicted octanol–water partition coefficient (Wildman–Crippen LogP) is -1.47. The average molecular weight is 252 g/mol. The van der Waals surface area contributed by atoms with Crippen LogP contribution in [0.25, 0.3) is 5.65 Å². The molecule has 1 fully saturated rings. The molecule has 2 aromatic heterocycles. The molecule has 18 heavy (non-hydrogen) atoms. The second-order valence-electron chi connectivity index (χ2n) is 4.18. The third kappa shape index (κ3) is 1.62. The van der Waals surface area contributed by atoms with E-state index in [2.05, 4.69) is 10.2 Å². The van der Waals surface area contributed by atoms with Crippen LogP contribution in [-0.4, -0.2) is 48.2 Å². The lowest BCUT2D eigenvalue weighted by Crippen LogP contribution is -2.29. The normalized spacial score (nSPS) is 28.0. The Morgan fingerprint density at radius 3 is 3.11 bits per heavy atom. The van der Waals surface area contributed by atoms with E-state index >= 15 is 0 Å². The Kier molecular flexibility index (Phi) is 2.62. The van der Waals surface area contributed by atoms with Gasteiger partial charge in [0.2, 0.25) is 0 Å². The molecule has 2 N–H and O–H groups in total. The van der Waals surface area contributed by atoms with Crippen LogP contribution in [0.1, 0.15) is 12.6 Å². The number of fused-ring (bicyclic) bond motifs is 1. The van der Waals surface area contributed by atoms with Gasteiger partial charge in [0.15, 0.2) is 5.65 Å². The maximum Gasteiger partial charge on any atom is 0.337 e. The van der Waals surface area contributed by atoms with Crippen LogP contribution in [0.4, 0.5) is 0 Å². The van der Waals surface area contributed by atoms with E-state index in [0.717, 1.165) is 0 Å². The predicted molar refractivity (Wildman–Crippen MR) is 58.9 cm³/mol. The molecule has 8 heteroatoms. The topological polar surface area (TPSA) is 102 Å². The number of hydrogen-bond donors (Lipinski definition) is 2. The van der Waals surface area contributed by atoms with Gasteiger partial charge in [-0.2, -0.15) is 0 Å². The third-order valence-corrected chi connectivity index (χ3v) is 3.08. The molecule has 0 spiro atoms. The summed E-state index contributed by atoms with van der Waals surface area (Å²) < 4.78 is 8.07. The first-order valence-corrected chi connectivity index (χ1v) is 5.56. The molecule has 1 aliphatic heterocycles. The largest absolute Gasteiger partial charge is 0.394 e. The quantitative estimate of drug-likeness (QED) is 0.676. The number of hydrogen-bond acceptors (Lipinski definition) is 6. The van der Waals surface area contributed by atoms with Gasteiger partial charge in [0.25, 0.3) is 0 Å². The van der Waals surface area contributed by atoms with Crippen LogP contribution >= 0.6 is 0 Å². The van der Waals surface area contributed by atoms with Crippen LogP contribution < -0.4 is 5.69 Å². The number of rotatable bonds is 2. The molecular weight excluding hydrogens is 240 g/mol. The average Bonchev–Trinajstić information content (AvgIpc) is 2.96. The van der Waals surface area contributed by atoms with Gasteiger partial charge in [-0.3, -0.25) is 4.57 Å². The molecule has 96 valence electrons. The Morgan fingerprint density at radius 1 is 1.56 bits per heavy atom. The maximum atomic E-state index is 12.1. The summed E-state index contributed by atoms with van der Waals surface area (Å²) in [5.74, 6) is 0. The summed E-state index contributed by atoms with van der Waals surface area (Å²) in [5, 5.41) is 26.1. The highest BCUT2D eigenvalue weighted by Gasteiger charge is 2.35. The lowest BCUT2D eigenvalue weighted by Gasteiger charge is -2.14. The minimum absolute atomic E-state index is 0.263. The Balaban J connectivity index is 2.00.